The van der Waals surface area contributed by atoms with Crippen LogP contribution in [-0.4, -0.2) is 93.3 Å². The van der Waals surface area contributed by atoms with E-state index >= 15 is 8.78 Å². The molecule has 3 rings (SSSR count). The fourth-order valence-electron chi connectivity index (χ4n) is 4.56. The molecular formula is C25H21F17O5S2. The van der Waals surface area contributed by atoms with Crippen LogP contribution in [0.2, 0.25) is 0 Å². The lowest BCUT2D eigenvalue weighted by molar-refractivity contribution is -0.458. The number of hydrogen-bond donors (Lipinski definition) is 0. The monoisotopic (exact) mass is 788 g/mol. The lowest BCUT2D eigenvalue weighted by atomic mass is 9.91. The molecular weight excluding hydrogens is 767 g/mol. The number of alkyl halides is 17. The quantitative estimate of drug-likeness (QED) is 0.142. The number of benzene rings is 2. The first-order valence-corrected chi connectivity index (χ1v) is 16.3. The summed E-state index contributed by atoms with van der Waals surface area (Å²) in [5.74, 6) is -53.7. The Balaban J connectivity index is 2.15. The van der Waals surface area contributed by atoms with E-state index in [2.05, 4.69) is 3.63 Å². The van der Waals surface area contributed by atoms with Crippen LogP contribution in [0, 0.1) is 0 Å². The van der Waals surface area contributed by atoms with E-state index in [9.17, 15) is 74.3 Å². The van der Waals surface area contributed by atoms with Crippen molar-refractivity contribution in [3.8, 4) is 0 Å². The first-order chi connectivity index (χ1) is 21.9. The number of halogens is 17. The first-order valence-electron chi connectivity index (χ1n) is 13.0. The normalized spacial score (nSPS) is 22.4. The minimum absolute atomic E-state index is 0.00662. The molecule has 1 heterocycles. The Morgan fingerprint density at radius 2 is 1.16 bits per heavy atom. The molecule has 5 nitrogen and oxygen atoms in total. The van der Waals surface area contributed by atoms with Gasteiger partial charge in [0.15, 0.2) is 0 Å². The van der Waals surface area contributed by atoms with Gasteiger partial charge >= 0.3 is 57.1 Å². The number of fused-ring (bicyclic) bond motifs is 1. The maximum absolute atomic E-state index is 15.0. The number of methoxy groups -OCH3 is 1. The second-order valence-electron chi connectivity index (χ2n) is 10.4. The van der Waals surface area contributed by atoms with Gasteiger partial charge in [-0.05, 0) is 23.3 Å². The van der Waals surface area contributed by atoms with Crippen LogP contribution in [0.3, 0.4) is 0 Å². The molecule has 24 heteroatoms. The van der Waals surface area contributed by atoms with Gasteiger partial charge in [-0.25, -0.2) is 3.63 Å². The van der Waals surface area contributed by atoms with E-state index in [0.29, 0.717) is 0 Å². The Kier molecular flexibility index (Phi) is 10.7. The van der Waals surface area contributed by atoms with Crippen molar-refractivity contribution in [1.82, 2.24) is 0 Å². The summed E-state index contributed by atoms with van der Waals surface area (Å²) in [6.07, 6.45) is -9.36. The lowest BCUT2D eigenvalue weighted by Gasteiger charge is -2.43. The van der Waals surface area contributed by atoms with E-state index in [1.165, 1.54) is 43.5 Å². The Hall–Kier alpha value is -2.31. The third-order valence-corrected chi connectivity index (χ3v) is 12.8. The van der Waals surface area contributed by atoms with Crippen molar-refractivity contribution >= 4 is 31.2 Å². The van der Waals surface area contributed by atoms with E-state index in [1.807, 2.05) is 0 Å². The minimum atomic E-state index is -8.94. The summed E-state index contributed by atoms with van der Waals surface area (Å²) in [4.78, 5) is -0.330. The smallest absolute Gasteiger partial charge is 0.382 e. The van der Waals surface area contributed by atoms with Crippen molar-refractivity contribution in [3.63, 3.8) is 0 Å². The summed E-state index contributed by atoms with van der Waals surface area (Å²) >= 11 is 0. The standard InChI is InChI=1S/C25H21F17O5S2/c1-45-10-11-46-15-9-12-48(13-15,17-8-4-6-14-5-2-3-7-16(14)17)47-49(43,44)25(41,42)23(36,37)21(32,33)19(28,29)18(26,27)20(30,31)22(34,35)24(38,39)40/h2-8,15H,9-13H2,1H3. The first kappa shape index (κ1) is 41.1. The lowest BCUT2D eigenvalue weighted by Crippen LogP contribution is -2.75. The second kappa shape index (κ2) is 12.7. The summed E-state index contributed by atoms with van der Waals surface area (Å²) in [5.41, 5.74) is 0. The molecule has 0 saturated carbocycles. The van der Waals surface area contributed by atoms with Gasteiger partial charge in [0.2, 0.25) is 0 Å². The fraction of sp³-hybridized carbons (Fsp3) is 0.600. The van der Waals surface area contributed by atoms with E-state index in [1.54, 1.807) is 0 Å². The highest BCUT2D eigenvalue weighted by Gasteiger charge is 2.96. The van der Waals surface area contributed by atoms with Crippen LogP contribution in [0.1, 0.15) is 6.42 Å². The zero-order valence-electron chi connectivity index (χ0n) is 23.9. The molecule has 0 bridgehead atoms. The second-order valence-corrected chi connectivity index (χ2v) is 15.2. The topological polar surface area (TPSA) is 61.8 Å². The van der Waals surface area contributed by atoms with Gasteiger partial charge in [-0.3, -0.25) is 0 Å². The summed E-state index contributed by atoms with van der Waals surface area (Å²) in [6.45, 7) is -0.334. The maximum Gasteiger partial charge on any atom is 0.460 e. The third kappa shape index (κ3) is 6.19. The highest BCUT2D eigenvalue weighted by molar-refractivity contribution is 8.33. The van der Waals surface area contributed by atoms with Crippen LogP contribution in [0.5, 0.6) is 0 Å². The van der Waals surface area contributed by atoms with Gasteiger partial charge in [-0.2, -0.15) is 83.1 Å². The molecule has 1 aliphatic heterocycles. The molecule has 1 fully saturated rings. The van der Waals surface area contributed by atoms with Gasteiger partial charge < -0.3 is 9.47 Å². The van der Waals surface area contributed by atoms with Crippen LogP contribution in [0.4, 0.5) is 74.6 Å². The fourth-order valence-corrected chi connectivity index (χ4v) is 10.5. The Bertz CT molecular complexity index is 1610. The molecule has 0 amide bonds. The molecule has 2 unspecified atom stereocenters. The van der Waals surface area contributed by atoms with Crippen molar-refractivity contribution in [2.24, 2.45) is 0 Å². The third-order valence-electron chi connectivity index (χ3n) is 7.24. The molecule has 2 aromatic rings. The Morgan fingerprint density at radius 3 is 1.69 bits per heavy atom. The summed E-state index contributed by atoms with van der Waals surface area (Å²) < 4.78 is 275. The van der Waals surface area contributed by atoms with Crippen LogP contribution in [0.15, 0.2) is 47.4 Å². The predicted molar refractivity (Wildman–Crippen MR) is 136 cm³/mol. The van der Waals surface area contributed by atoms with Crippen LogP contribution in [-0.2, 0) is 23.2 Å². The van der Waals surface area contributed by atoms with Crippen molar-refractivity contribution in [2.75, 3.05) is 31.8 Å². The molecule has 1 saturated heterocycles. The molecule has 1 aliphatic rings. The summed E-state index contributed by atoms with van der Waals surface area (Å²) in [5, 5.41) is -7.55. The Labute approximate surface area is 266 Å². The molecule has 0 spiro atoms. The summed E-state index contributed by atoms with van der Waals surface area (Å²) in [7, 11) is -10.6. The molecule has 0 radical (unpaired) electrons. The molecule has 282 valence electrons. The van der Waals surface area contributed by atoms with E-state index in [4.69, 9.17) is 9.47 Å². The molecule has 0 N–H and O–H groups in total. The van der Waals surface area contributed by atoms with Crippen LogP contribution < -0.4 is 0 Å². The summed E-state index contributed by atoms with van der Waals surface area (Å²) in [6, 6.07) is 8.97. The van der Waals surface area contributed by atoms with Crippen molar-refractivity contribution in [3.05, 3.63) is 42.5 Å². The van der Waals surface area contributed by atoms with Crippen LogP contribution >= 0.6 is 10.3 Å². The van der Waals surface area contributed by atoms with Crippen LogP contribution in [0.25, 0.3) is 10.8 Å². The van der Waals surface area contributed by atoms with E-state index in [-0.39, 0.29) is 35.3 Å². The zero-order valence-corrected chi connectivity index (χ0v) is 25.6. The molecule has 49 heavy (non-hydrogen) atoms. The predicted octanol–water partition coefficient (Wildman–Crippen LogP) is 8.67. The van der Waals surface area contributed by atoms with E-state index in [0.717, 1.165) is 6.07 Å². The van der Waals surface area contributed by atoms with Gasteiger partial charge in [0.05, 0.1) is 19.3 Å². The van der Waals surface area contributed by atoms with Crippen molar-refractivity contribution < 1.29 is 96.2 Å². The molecule has 0 aliphatic carbocycles. The van der Waals surface area contributed by atoms with Gasteiger partial charge in [-0.15, -0.1) is 0 Å². The molecule has 0 aromatic heterocycles. The minimum Gasteiger partial charge on any atom is -0.382 e. The van der Waals surface area contributed by atoms with Gasteiger partial charge in [-0.1, -0.05) is 46.7 Å². The van der Waals surface area contributed by atoms with Crippen molar-refractivity contribution in [2.45, 2.75) is 64.4 Å². The van der Waals surface area contributed by atoms with Crippen molar-refractivity contribution in [1.29, 1.82) is 0 Å². The average Bonchev–Trinajstić information content (AvgIpc) is 3.38. The zero-order chi connectivity index (χ0) is 37.9. The van der Waals surface area contributed by atoms with Gasteiger partial charge in [0.25, 0.3) is 0 Å². The largest absolute Gasteiger partial charge is 0.460 e. The SMILES string of the molecule is COCCOC1CCS(OS(=O)(=O)C(F)(F)C(F)(F)C(F)(F)C(F)(F)C(F)(F)C(F)(F)C(F)(F)C(F)(F)F)(c2cccc3ccccc23)C1. The van der Waals surface area contributed by atoms with Gasteiger partial charge in [0.1, 0.15) is 0 Å². The highest BCUT2D eigenvalue weighted by atomic mass is 32.3. The van der Waals surface area contributed by atoms with Gasteiger partial charge in [0, 0.05) is 23.5 Å². The highest BCUT2D eigenvalue weighted by Crippen LogP contribution is 2.68. The molecule has 2 aromatic carbocycles. The van der Waals surface area contributed by atoms with E-state index < -0.39 is 85.0 Å². The number of hydrogen-bond acceptors (Lipinski definition) is 5. The Morgan fingerprint density at radius 1 is 0.673 bits per heavy atom. The number of ether oxygens (including phenoxy) is 2. The maximum atomic E-state index is 15.0. The molecule has 2 atom stereocenters. The number of rotatable bonds is 14. The average molecular weight is 789 g/mol.